The first kappa shape index (κ1) is 15.3. The quantitative estimate of drug-likeness (QED) is 0.801. The predicted molar refractivity (Wildman–Crippen MR) is 86.7 cm³/mol. The van der Waals surface area contributed by atoms with Gasteiger partial charge in [-0.2, -0.15) is 0 Å². The van der Waals surface area contributed by atoms with Crippen molar-refractivity contribution in [1.29, 1.82) is 0 Å². The second-order valence-corrected chi connectivity index (χ2v) is 7.10. The molecule has 4 unspecified atom stereocenters. The number of aliphatic hydroxyl groups is 1. The lowest BCUT2D eigenvalue weighted by molar-refractivity contribution is 0.00309. The Bertz CT molecular complexity index is 519. The van der Waals surface area contributed by atoms with Crippen LogP contribution in [0.15, 0.2) is 30.3 Å². The lowest BCUT2D eigenvalue weighted by Crippen LogP contribution is -2.48. The summed E-state index contributed by atoms with van der Waals surface area (Å²) in [6.07, 6.45) is 4.75. The fraction of sp³-hybridized carbons (Fsp3) is 0.611. The van der Waals surface area contributed by atoms with E-state index in [1.165, 1.54) is 5.56 Å². The van der Waals surface area contributed by atoms with Crippen LogP contribution < -0.4 is 10.6 Å². The summed E-state index contributed by atoms with van der Waals surface area (Å²) in [4.78, 5) is 12.1. The molecule has 3 rings (SSSR count). The minimum absolute atomic E-state index is 0.109. The lowest BCUT2D eigenvalue weighted by atomic mass is 9.73. The molecule has 4 heteroatoms. The van der Waals surface area contributed by atoms with Gasteiger partial charge in [-0.1, -0.05) is 50.1 Å². The molecule has 2 aliphatic rings. The smallest absolute Gasteiger partial charge is 0.315 e. The third-order valence-corrected chi connectivity index (χ3v) is 5.27. The Morgan fingerprint density at radius 1 is 1.32 bits per heavy atom. The van der Waals surface area contributed by atoms with E-state index in [1.807, 2.05) is 18.2 Å². The third kappa shape index (κ3) is 3.43. The summed E-state index contributed by atoms with van der Waals surface area (Å²) in [7, 11) is 0. The molecule has 0 heterocycles. The molecular formula is C18H26N2O2. The molecule has 1 aromatic rings. The number of carbonyl (C=O) groups excluding carboxylic acids is 1. The molecule has 1 aromatic carbocycles. The van der Waals surface area contributed by atoms with E-state index in [2.05, 4.69) is 29.7 Å². The van der Waals surface area contributed by atoms with Crippen molar-refractivity contribution in [3.63, 3.8) is 0 Å². The summed E-state index contributed by atoms with van der Waals surface area (Å²) in [6, 6.07) is 10.4. The highest BCUT2D eigenvalue weighted by Gasteiger charge is 2.40. The zero-order valence-electron chi connectivity index (χ0n) is 13.2. The van der Waals surface area contributed by atoms with Gasteiger partial charge in [-0.3, -0.25) is 0 Å². The maximum Gasteiger partial charge on any atom is 0.315 e. The average Bonchev–Trinajstić information content (AvgIpc) is 3.29. The van der Waals surface area contributed by atoms with Gasteiger partial charge in [0, 0.05) is 23.9 Å². The van der Waals surface area contributed by atoms with Gasteiger partial charge in [0.2, 0.25) is 0 Å². The molecule has 0 bridgehead atoms. The zero-order chi connectivity index (χ0) is 15.6. The van der Waals surface area contributed by atoms with Gasteiger partial charge in [0.1, 0.15) is 0 Å². The summed E-state index contributed by atoms with van der Waals surface area (Å²) in [5, 5.41) is 16.2. The molecule has 2 fully saturated rings. The van der Waals surface area contributed by atoms with Crippen molar-refractivity contribution >= 4 is 6.03 Å². The van der Waals surface area contributed by atoms with Crippen LogP contribution in [0.5, 0.6) is 0 Å². The van der Waals surface area contributed by atoms with E-state index in [1.54, 1.807) is 0 Å². The Kier molecular flexibility index (Phi) is 4.39. The van der Waals surface area contributed by atoms with Crippen LogP contribution in [0.1, 0.15) is 50.5 Å². The normalized spacial score (nSPS) is 34.0. The van der Waals surface area contributed by atoms with E-state index in [-0.39, 0.29) is 23.6 Å². The van der Waals surface area contributed by atoms with Crippen molar-refractivity contribution in [1.82, 2.24) is 10.6 Å². The van der Waals surface area contributed by atoms with Gasteiger partial charge in [0.05, 0.1) is 6.10 Å². The molecule has 0 radical (unpaired) electrons. The first-order chi connectivity index (χ1) is 10.6. The van der Waals surface area contributed by atoms with Crippen LogP contribution in [0.2, 0.25) is 0 Å². The van der Waals surface area contributed by atoms with Gasteiger partial charge >= 0.3 is 6.03 Å². The van der Waals surface area contributed by atoms with Crippen molar-refractivity contribution in [2.24, 2.45) is 5.41 Å². The van der Waals surface area contributed by atoms with Crippen LogP contribution in [-0.4, -0.2) is 29.8 Å². The van der Waals surface area contributed by atoms with E-state index in [0.717, 1.165) is 32.1 Å². The molecule has 3 N–H and O–H groups in total. The van der Waals surface area contributed by atoms with E-state index in [9.17, 15) is 9.90 Å². The van der Waals surface area contributed by atoms with Crippen molar-refractivity contribution in [3.8, 4) is 0 Å². The fourth-order valence-corrected chi connectivity index (χ4v) is 3.51. The highest BCUT2D eigenvalue weighted by molar-refractivity contribution is 5.75. The molecule has 4 atom stereocenters. The van der Waals surface area contributed by atoms with Gasteiger partial charge in [0.25, 0.3) is 0 Å². The number of aliphatic hydroxyl groups excluding tert-OH is 1. The second kappa shape index (κ2) is 6.29. The maximum absolute atomic E-state index is 12.1. The Balaban J connectivity index is 1.44. The number of benzene rings is 1. The van der Waals surface area contributed by atoms with E-state index < -0.39 is 0 Å². The van der Waals surface area contributed by atoms with Crippen molar-refractivity contribution < 1.29 is 9.90 Å². The number of hydrogen-bond donors (Lipinski definition) is 3. The Morgan fingerprint density at radius 2 is 2.09 bits per heavy atom. The highest BCUT2D eigenvalue weighted by atomic mass is 16.3. The van der Waals surface area contributed by atoms with Crippen LogP contribution in [0.4, 0.5) is 4.79 Å². The number of nitrogens with one attached hydrogen (secondary N) is 2. The topological polar surface area (TPSA) is 61.4 Å². The summed E-state index contributed by atoms with van der Waals surface area (Å²) in [5.74, 6) is 0.447. The van der Waals surface area contributed by atoms with Crippen LogP contribution >= 0.6 is 0 Å². The second-order valence-electron chi connectivity index (χ2n) is 7.10. The molecule has 2 saturated carbocycles. The maximum atomic E-state index is 12.1. The molecule has 0 saturated heterocycles. The Hall–Kier alpha value is -1.55. The number of rotatable bonds is 4. The van der Waals surface area contributed by atoms with Crippen molar-refractivity contribution in [2.45, 2.75) is 57.1 Å². The molecule has 0 spiro atoms. The summed E-state index contributed by atoms with van der Waals surface area (Å²) in [5.41, 5.74) is 1.11. The average molecular weight is 302 g/mol. The van der Waals surface area contributed by atoms with Gasteiger partial charge in [0.15, 0.2) is 0 Å². The summed E-state index contributed by atoms with van der Waals surface area (Å²) >= 11 is 0. The van der Waals surface area contributed by atoms with Crippen LogP contribution in [-0.2, 0) is 0 Å². The first-order valence-electron chi connectivity index (χ1n) is 8.36. The number of carbonyl (C=O) groups is 1. The standard InChI is InChI=1S/C18H26N2O2/c1-18(10-6-5-9-16(18)21)12-19-17(22)20-15-11-14(15)13-7-3-2-4-8-13/h2-4,7-8,14-16,21H,5-6,9-12H2,1H3,(H2,19,20,22). The third-order valence-electron chi connectivity index (χ3n) is 5.27. The molecule has 4 nitrogen and oxygen atoms in total. The SMILES string of the molecule is CC1(CNC(=O)NC2CC2c2ccccc2)CCCCC1O. The molecule has 2 aliphatic carbocycles. The largest absolute Gasteiger partial charge is 0.392 e. The minimum atomic E-state index is -0.306. The molecule has 2 amide bonds. The minimum Gasteiger partial charge on any atom is -0.392 e. The Morgan fingerprint density at radius 3 is 2.82 bits per heavy atom. The molecule has 0 aliphatic heterocycles. The zero-order valence-corrected chi connectivity index (χ0v) is 13.2. The highest BCUT2D eigenvalue weighted by Crippen LogP contribution is 2.40. The van der Waals surface area contributed by atoms with Crippen LogP contribution in [0.25, 0.3) is 0 Å². The number of hydrogen-bond acceptors (Lipinski definition) is 2. The number of urea groups is 1. The van der Waals surface area contributed by atoms with E-state index in [0.29, 0.717) is 12.5 Å². The van der Waals surface area contributed by atoms with Crippen LogP contribution in [0.3, 0.4) is 0 Å². The Labute approximate surface area is 132 Å². The summed E-state index contributed by atoms with van der Waals surface area (Å²) < 4.78 is 0. The van der Waals surface area contributed by atoms with E-state index >= 15 is 0 Å². The lowest BCUT2D eigenvalue weighted by Gasteiger charge is -2.38. The van der Waals surface area contributed by atoms with Crippen molar-refractivity contribution in [3.05, 3.63) is 35.9 Å². The predicted octanol–water partition coefficient (Wildman–Crippen LogP) is 2.78. The van der Waals surface area contributed by atoms with Gasteiger partial charge in [-0.25, -0.2) is 4.79 Å². The molecule has 120 valence electrons. The van der Waals surface area contributed by atoms with E-state index in [4.69, 9.17) is 0 Å². The fourth-order valence-electron chi connectivity index (χ4n) is 3.51. The number of amides is 2. The first-order valence-corrected chi connectivity index (χ1v) is 8.36. The van der Waals surface area contributed by atoms with Gasteiger partial charge < -0.3 is 15.7 Å². The van der Waals surface area contributed by atoms with Gasteiger partial charge in [-0.05, 0) is 24.8 Å². The molecular weight excluding hydrogens is 276 g/mol. The van der Waals surface area contributed by atoms with Crippen LogP contribution in [0, 0.1) is 5.41 Å². The molecule has 22 heavy (non-hydrogen) atoms. The van der Waals surface area contributed by atoms with Gasteiger partial charge in [-0.15, -0.1) is 0 Å². The summed E-state index contributed by atoms with van der Waals surface area (Å²) in [6.45, 7) is 2.61. The van der Waals surface area contributed by atoms with Crippen molar-refractivity contribution in [2.75, 3.05) is 6.54 Å². The monoisotopic (exact) mass is 302 g/mol. The molecule has 0 aromatic heterocycles.